The van der Waals surface area contributed by atoms with Gasteiger partial charge in [0.25, 0.3) is 0 Å². The molecule has 0 bridgehead atoms. The number of aromatic carboxylic acids is 1. The van der Waals surface area contributed by atoms with Crippen molar-refractivity contribution in [2.45, 2.75) is 20.8 Å². The fourth-order valence-corrected chi connectivity index (χ4v) is 2.34. The highest BCUT2D eigenvalue weighted by molar-refractivity contribution is 9.10. The smallest absolute Gasteiger partial charge is 0.335 e. The summed E-state index contributed by atoms with van der Waals surface area (Å²) in [5.74, 6) is -0.907. The van der Waals surface area contributed by atoms with Crippen LogP contribution in [0.2, 0.25) is 0 Å². The minimum absolute atomic E-state index is 0.302. The van der Waals surface area contributed by atoms with E-state index in [4.69, 9.17) is 5.11 Å². The largest absolute Gasteiger partial charge is 0.478 e. The average molecular weight is 334 g/mol. The van der Waals surface area contributed by atoms with Gasteiger partial charge in [0.1, 0.15) is 0 Å². The Balaban J connectivity index is 2.33. The lowest BCUT2D eigenvalue weighted by atomic mass is 10.1. The maximum Gasteiger partial charge on any atom is 0.335 e. The van der Waals surface area contributed by atoms with Crippen LogP contribution in [0.1, 0.15) is 27.0 Å². The van der Waals surface area contributed by atoms with Crippen LogP contribution in [0.25, 0.3) is 0 Å². The molecule has 4 heteroatoms. The predicted octanol–water partition coefficient (Wildman–Crippen LogP) is 4.82. The number of hydrogen-bond donors (Lipinski definition) is 2. The first kappa shape index (κ1) is 14.6. The second-order valence-corrected chi connectivity index (χ2v) is 5.68. The molecule has 0 radical (unpaired) electrons. The summed E-state index contributed by atoms with van der Waals surface area (Å²) in [4.78, 5) is 10.9. The molecule has 2 aromatic carbocycles. The Hall–Kier alpha value is -1.81. The molecule has 0 spiro atoms. The standard InChI is InChI=1S/C16H16BrNO2/c1-9-6-12(16(19)20)4-5-14(9)18-13-7-10(2)15(17)11(3)8-13/h4-8,18H,1-3H3,(H,19,20). The first-order valence-electron chi connectivity index (χ1n) is 6.26. The number of nitrogens with one attached hydrogen (secondary N) is 1. The van der Waals surface area contributed by atoms with Crippen molar-refractivity contribution in [2.24, 2.45) is 0 Å². The third-order valence-corrected chi connectivity index (χ3v) is 4.44. The van der Waals surface area contributed by atoms with Crippen molar-refractivity contribution in [2.75, 3.05) is 5.32 Å². The molecule has 0 aliphatic rings. The zero-order valence-electron chi connectivity index (χ0n) is 11.6. The van der Waals surface area contributed by atoms with Crippen molar-refractivity contribution in [1.82, 2.24) is 0 Å². The molecule has 0 unspecified atom stereocenters. The number of aryl methyl sites for hydroxylation is 3. The quantitative estimate of drug-likeness (QED) is 0.846. The number of anilines is 2. The average Bonchev–Trinajstić information content (AvgIpc) is 2.38. The van der Waals surface area contributed by atoms with Gasteiger partial charge in [0.15, 0.2) is 0 Å². The SMILES string of the molecule is Cc1cc(C(=O)O)ccc1Nc1cc(C)c(Br)c(C)c1. The topological polar surface area (TPSA) is 49.3 Å². The second-order valence-electron chi connectivity index (χ2n) is 4.88. The molecule has 0 heterocycles. The highest BCUT2D eigenvalue weighted by Crippen LogP contribution is 2.28. The molecule has 0 amide bonds. The van der Waals surface area contributed by atoms with E-state index in [9.17, 15) is 4.79 Å². The molecule has 0 saturated heterocycles. The molecule has 2 rings (SSSR count). The molecule has 3 nitrogen and oxygen atoms in total. The first-order valence-corrected chi connectivity index (χ1v) is 7.05. The molecule has 104 valence electrons. The lowest BCUT2D eigenvalue weighted by Gasteiger charge is -2.13. The van der Waals surface area contributed by atoms with E-state index < -0.39 is 5.97 Å². The van der Waals surface area contributed by atoms with Crippen molar-refractivity contribution in [3.8, 4) is 0 Å². The van der Waals surface area contributed by atoms with Gasteiger partial charge in [-0.05, 0) is 67.8 Å². The minimum Gasteiger partial charge on any atom is -0.478 e. The van der Waals surface area contributed by atoms with E-state index in [1.54, 1.807) is 18.2 Å². The van der Waals surface area contributed by atoms with Crippen LogP contribution in [0, 0.1) is 20.8 Å². The summed E-state index contributed by atoms with van der Waals surface area (Å²) in [6.45, 7) is 5.98. The van der Waals surface area contributed by atoms with E-state index in [1.165, 1.54) is 0 Å². The molecule has 0 aliphatic carbocycles. The molecule has 2 N–H and O–H groups in total. The third-order valence-electron chi connectivity index (χ3n) is 3.19. The molecule has 0 aliphatic heterocycles. The Bertz CT molecular complexity index is 657. The van der Waals surface area contributed by atoms with E-state index in [0.29, 0.717) is 5.56 Å². The van der Waals surface area contributed by atoms with Gasteiger partial charge in [-0.2, -0.15) is 0 Å². The summed E-state index contributed by atoms with van der Waals surface area (Å²) in [6, 6.07) is 9.19. The summed E-state index contributed by atoms with van der Waals surface area (Å²) >= 11 is 3.55. The zero-order valence-corrected chi connectivity index (χ0v) is 13.2. The predicted molar refractivity (Wildman–Crippen MR) is 85.0 cm³/mol. The Labute approximate surface area is 126 Å². The summed E-state index contributed by atoms with van der Waals surface area (Å²) in [5.41, 5.74) is 5.43. The van der Waals surface area contributed by atoms with Gasteiger partial charge in [-0.25, -0.2) is 4.79 Å². The molecular formula is C16H16BrNO2. The normalized spacial score (nSPS) is 10.4. The van der Waals surface area contributed by atoms with Gasteiger partial charge < -0.3 is 10.4 Å². The highest BCUT2D eigenvalue weighted by atomic mass is 79.9. The van der Waals surface area contributed by atoms with Gasteiger partial charge in [-0.3, -0.25) is 0 Å². The van der Waals surface area contributed by atoms with E-state index >= 15 is 0 Å². The van der Waals surface area contributed by atoms with E-state index in [-0.39, 0.29) is 0 Å². The summed E-state index contributed by atoms with van der Waals surface area (Å²) in [6.07, 6.45) is 0. The Morgan fingerprint density at radius 2 is 1.65 bits per heavy atom. The second kappa shape index (κ2) is 5.67. The third kappa shape index (κ3) is 3.02. The number of carbonyl (C=O) groups is 1. The van der Waals surface area contributed by atoms with Gasteiger partial charge in [-0.15, -0.1) is 0 Å². The summed E-state index contributed by atoms with van der Waals surface area (Å²) < 4.78 is 1.11. The van der Waals surface area contributed by atoms with Crippen molar-refractivity contribution in [1.29, 1.82) is 0 Å². The summed E-state index contributed by atoms with van der Waals surface area (Å²) in [5, 5.41) is 12.3. The molecule has 0 aromatic heterocycles. The van der Waals surface area contributed by atoms with E-state index in [1.807, 2.05) is 20.8 Å². The molecular weight excluding hydrogens is 318 g/mol. The number of rotatable bonds is 3. The lowest BCUT2D eigenvalue weighted by molar-refractivity contribution is 0.0697. The molecule has 20 heavy (non-hydrogen) atoms. The maximum absolute atomic E-state index is 10.9. The zero-order chi connectivity index (χ0) is 14.9. The van der Waals surface area contributed by atoms with Crippen molar-refractivity contribution < 1.29 is 9.90 Å². The molecule has 0 atom stereocenters. The lowest BCUT2D eigenvalue weighted by Crippen LogP contribution is -2.00. The number of hydrogen-bond acceptors (Lipinski definition) is 2. The van der Waals surface area contributed by atoms with Crippen LogP contribution in [-0.2, 0) is 0 Å². The van der Waals surface area contributed by atoms with Crippen LogP contribution in [-0.4, -0.2) is 11.1 Å². The number of benzene rings is 2. The van der Waals surface area contributed by atoms with Gasteiger partial charge in [0.2, 0.25) is 0 Å². The van der Waals surface area contributed by atoms with Crippen LogP contribution < -0.4 is 5.32 Å². The van der Waals surface area contributed by atoms with Crippen molar-refractivity contribution in [3.05, 3.63) is 57.1 Å². The Morgan fingerprint density at radius 1 is 1.05 bits per heavy atom. The van der Waals surface area contributed by atoms with Crippen molar-refractivity contribution in [3.63, 3.8) is 0 Å². The highest BCUT2D eigenvalue weighted by Gasteiger charge is 2.07. The monoisotopic (exact) mass is 333 g/mol. The molecule has 0 saturated carbocycles. The fourth-order valence-electron chi connectivity index (χ4n) is 2.11. The van der Waals surface area contributed by atoms with E-state index in [0.717, 1.165) is 32.5 Å². The van der Waals surface area contributed by atoms with Crippen LogP contribution in [0.4, 0.5) is 11.4 Å². The van der Waals surface area contributed by atoms with Crippen LogP contribution in [0.15, 0.2) is 34.8 Å². The maximum atomic E-state index is 10.9. The first-order chi connectivity index (χ1) is 9.38. The van der Waals surface area contributed by atoms with Gasteiger partial charge >= 0.3 is 5.97 Å². The Morgan fingerprint density at radius 3 is 2.15 bits per heavy atom. The van der Waals surface area contributed by atoms with Crippen molar-refractivity contribution >= 4 is 33.3 Å². The van der Waals surface area contributed by atoms with Crippen LogP contribution in [0.3, 0.4) is 0 Å². The van der Waals surface area contributed by atoms with E-state index in [2.05, 4.69) is 33.4 Å². The van der Waals surface area contributed by atoms with Gasteiger partial charge in [0.05, 0.1) is 5.56 Å². The minimum atomic E-state index is -0.907. The fraction of sp³-hybridized carbons (Fsp3) is 0.188. The molecule has 0 fully saturated rings. The number of carboxylic acid groups (broad SMARTS) is 1. The number of carboxylic acids is 1. The van der Waals surface area contributed by atoms with Gasteiger partial charge in [0, 0.05) is 15.8 Å². The molecule has 2 aromatic rings. The number of halogens is 1. The van der Waals surface area contributed by atoms with Gasteiger partial charge in [-0.1, -0.05) is 15.9 Å². The van der Waals surface area contributed by atoms with Crippen LogP contribution >= 0.6 is 15.9 Å². The van der Waals surface area contributed by atoms with Crippen LogP contribution in [0.5, 0.6) is 0 Å². The Kier molecular flexibility index (Phi) is 4.14. The summed E-state index contributed by atoms with van der Waals surface area (Å²) in [7, 11) is 0.